The molecule has 32 heavy (non-hydrogen) atoms. The summed E-state index contributed by atoms with van der Waals surface area (Å²) in [7, 11) is 0. The zero-order valence-corrected chi connectivity index (χ0v) is 18.8. The van der Waals surface area contributed by atoms with E-state index in [0.717, 1.165) is 61.8 Å². The van der Waals surface area contributed by atoms with Crippen LogP contribution in [0.5, 0.6) is 0 Å². The Labute approximate surface area is 188 Å². The van der Waals surface area contributed by atoms with Crippen LogP contribution < -0.4 is 5.56 Å². The first-order chi connectivity index (χ1) is 15.5. The highest BCUT2D eigenvalue weighted by Crippen LogP contribution is 2.49. The molecule has 1 N–H and O–H groups in total. The van der Waals surface area contributed by atoms with Gasteiger partial charge in [0.05, 0.1) is 6.04 Å². The van der Waals surface area contributed by atoms with Gasteiger partial charge in [0.2, 0.25) is 11.8 Å². The summed E-state index contributed by atoms with van der Waals surface area (Å²) in [6.07, 6.45) is 9.45. The van der Waals surface area contributed by atoms with Crippen molar-refractivity contribution >= 4 is 17.4 Å². The number of pyridine rings is 1. The number of likely N-dealkylation sites (tertiary alicyclic amines) is 2. The summed E-state index contributed by atoms with van der Waals surface area (Å²) >= 11 is 0. The first-order valence-electron chi connectivity index (χ1n) is 12.1. The van der Waals surface area contributed by atoms with Crippen molar-refractivity contribution in [2.75, 3.05) is 19.7 Å². The van der Waals surface area contributed by atoms with E-state index >= 15 is 0 Å². The van der Waals surface area contributed by atoms with E-state index in [4.69, 9.17) is 0 Å². The Balaban J connectivity index is 1.53. The molecule has 172 valence electrons. The number of hydrogen-bond donors (Lipinski definition) is 1. The minimum absolute atomic E-state index is 0.0100. The molecule has 0 bridgehead atoms. The van der Waals surface area contributed by atoms with E-state index in [2.05, 4.69) is 6.08 Å². The summed E-state index contributed by atoms with van der Waals surface area (Å²) in [5.41, 5.74) is 2.66. The molecule has 1 aromatic rings. The minimum Gasteiger partial charge on any atom is -0.396 e. The lowest BCUT2D eigenvalue weighted by Gasteiger charge is -2.35. The maximum absolute atomic E-state index is 13.5. The van der Waals surface area contributed by atoms with Gasteiger partial charge in [0.1, 0.15) is 6.04 Å². The van der Waals surface area contributed by atoms with Gasteiger partial charge in [0, 0.05) is 56.3 Å². The summed E-state index contributed by atoms with van der Waals surface area (Å²) in [6, 6.07) is 2.87. The third-order valence-corrected chi connectivity index (χ3v) is 8.00. The summed E-state index contributed by atoms with van der Waals surface area (Å²) in [4.78, 5) is 43.3. The second-order valence-electron chi connectivity index (χ2n) is 9.77. The van der Waals surface area contributed by atoms with E-state index in [-0.39, 0.29) is 41.9 Å². The van der Waals surface area contributed by atoms with Gasteiger partial charge in [-0.1, -0.05) is 6.08 Å². The molecule has 2 saturated heterocycles. The number of aliphatic hydroxyl groups excluding tert-OH is 1. The Morgan fingerprint density at radius 3 is 2.53 bits per heavy atom. The van der Waals surface area contributed by atoms with E-state index in [9.17, 15) is 19.5 Å². The van der Waals surface area contributed by atoms with E-state index in [1.165, 1.54) is 6.92 Å². The van der Waals surface area contributed by atoms with Crippen LogP contribution in [0.3, 0.4) is 0 Å². The zero-order chi connectivity index (χ0) is 22.4. The number of fused-ring (bicyclic) bond motifs is 3. The predicted molar refractivity (Wildman–Crippen MR) is 121 cm³/mol. The molecule has 2 amide bonds. The molecule has 7 nitrogen and oxygen atoms in total. The van der Waals surface area contributed by atoms with Gasteiger partial charge in [0.15, 0.2) is 0 Å². The predicted octanol–water partition coefficient (Wildman–Crippen LogP) is 2.33. The highest BCUT2D eigenvalue weighted by atomic mass is 16.3. The van der Waals surface area contributed by atoms with Gasteiger partial charge < -0.3 is 19.5 Å². The van der Waals surface area contributed by atoms with Crippen molar-refractivity contribution in [1.29, 1.82) is 0 Å². The van der Waals surface area contributed by atoms with Gasteiger partial charge in [-0.15, -0.1) is 0 Å². The Morgan fingerprint density at radius 1 is 1.09 bits per heavy atom. The van der Waals surface area contributed by atoms with Gasteiger partial charge in [-0.3, -0.25) is 14.4 Å². The van der Waals surface area contributed by atoms with Crippen LogP contribution in [0.25, 0.3) is 5.57 Å². The van der Waals surface area contributed by atoms with E-state index in [0.29, 0.717) is 19.6 Å². The number of carbonyl (C=O) groups excluding carboxylic acids is 2. The number of allylic oxidation sites excluding steroid dienone is 2. The van der Waals surface area contributed by atoms with Crippen molar-refractivity contribution < 1.29 is 14.7 Å². The molecular weight excluding hydrogens is 406 g/mol. The van der Waals surface area contributed by atoms with Crippen molar-refractivity contribution in [1.82, 2.24) is 14.4 Å². The maximum Gasteiger partial charge on any atom is 0.258 e. The van der Waals surface area contributed by atoms with E-state index in [1.807, 2.05) is 17.0 Å². The molecule has 4 heterocycles. The Hall–Kier alpha value is -2.41. The first kappa shape index (κ1) is 21.4. The maximum atomic E-state index is 13.5. The topological polar surface area (TPSA) is 82.8 Å². The number of hydrogen-bond acceptors (Lipinski definition) is 4. The quantitative estimate of drug-likeness (QED) is 0.784. The fraction of sp³-hybridized carbons (Fsp3) is 0.640. The van der Waals surface area contributed by atoms with Crippen LogP contribution in [-0.4, -0.2) is 57.0 Å². The van der Waals surface area contributed by atoms with Crippen LogP contribution in [0.2, 0.25) is 0 Å². The van der Waals surface area contributed by atoms with E-state index < -0.39 is 6.04 Å². The van der Waals surface area contributed by atoms with Crippen molar-refractivity contribution in [2.24, 2.45) is 11.8 Å². The molecule has 0 saturated carbocycles. The van der Waals surface area contributed by atoms with Gasteiger partial charge in [-0.05, 0) is 62.7 Å². The molecule has 0 radical (unpaired) electrons. The molecule has 0 unspecified atom stereocenters. The number of piperidine rings is 1. The van der Waals surface area contributed by atoms with E-state index in [1.54, 1.807) is 9.47 Å². The lowest BCUT2D eigenvalue weighted by atomic mass is 9.88. The largest absolute Gasteiger partial charge is 0.396 e. The number of carbonyl (C=O) groups is 2. The molecule has 0 aromatic carbocycles. The lowest BCUT2D eigenvalue weighted by Crippen LogP contribution is -2.52. The average Bonchev–Trinajstić information content (AvgIpc) is 3.35. The van der Waals surface area contributed by atoms with Crippen molar-refractivity contribution in [3.63, 3.8) is 0 Å². The third-order valence-electron chi connectivity index (χ3n) is 8.00. The molecule has 4 aliphatic rings. The van der Waals surface area contributed by atoms with Crippen molar-refractivity contribution in [3.8, 4) is 0 Å². The first-order valence-corrected chi connectivity index (χ1v) is 12.1. The van der Waals surface area contributed by atoms with Crippen LogP contribution in [0.4, 0.5) is 0 Å². The molecule has 4 atom stereocenters. The Kier molecular flexibility index (Phi) is 5.70. The molecule has 0 spiro atoms. The average molecular weight is 440 g/mol. The fourth-order valence-corrected chi connectivity index (χ4v) is 6.46. The van der Waals surface area contributed by atoms with Gasteiger partial charge in [0.25, 0.3) is 5.56 Å². The van der Waals surface area contributed by atoms with Crippen molar-refractivity contribution in [2.45, 2.75) is 70.5 Å². The zero-order valence-electron chi connectivity index (χ0n) is 18.8. The summed E-state index contributed by atoms with van der Waals surface area (Å²) in [5.74, 6) is -0.724. The summed E-state index contributed by atoms with van der Waals surface area (Å²) in [6.45, 7) is 3.19. The third kappa shape index (κ3) is 3.33. The normalized spacial score (nSPS) is 29.5. The Morgan fingerprint density at radius 2 is 1.88 bits per heavy atom. The number of amides is 2. The van der Waals surface area contributed by atoms with Crippen LogP contribution in [0, 0.1) is 11.8 Å². The minimum atomic E-state index is -0.657. The number of rotatable bonds is 3. The van der Waals surface area contributed by atoms with Gasteiger partial charge >= 0.3 is 0 Å². The smallest absolute Gasteiger partial charge is 0.258 e. The van der Waals surface area contributed by atoms with Gasteiger partial charge in [-0.2, -0.15) is 0 Å². The second kappa shape index (κ2) is 8.50. The highest BCUT2D eigenvalue weighted by molar-refractivity contribution is 5.88. The second-order valence-corrected chi connectivity index (χ2v) is 9.77. The molecule has 1 aromatic heterocycles. The molecule has 2 fully saturated rings. The highest BCUT2D eigenvalue weighted by Gasteiger charge is 2.57. The fourth-order valence-electron chi connectivity index (χ4n) is 6.46. The number of aromatic nitrogens is 1. The SMILES string of the molecule is CC(=O)N1[C@H](C(=O)N2CCCCC2)[C@@H](CO)[C@@H]2Cn3c(ccc(C4=CCCCC4)c3=O)[C@@H]21. The molecule has 5 rings (SSSR count). The molecular formula is C25H33N3O4. The lowest BCUT2D eigenvalue weighted by molar-refractivity contribution is -0.146. The number of nitrogens with zero attached hydrogens (tertiary/aromatic N) is 3. The van der Waals surface area contributed by atoms with Crippen LogP contribution in [0.15, 0.2) is 23.0 Å². The molecule has 1 aliphatic carbocycles. The van der Waals surface area contributed by atoms with Crippen molar-refractivity contribution in [3.05, 3.63) is 39.8 Å². The summed E-state index contributed by atoms with van der Waals surface area (Å²) in [5, 5.41) is 10.3. The van der Waals surface area contributed by atoms with Crippen LogP contribution in [0.1, 0.15) is 69.2 Å². The molecule has 3 aliphatic heterocycles. The monoisotopic (exact) mass is 439 g/mol. The summed E-state index contributed by atoms with van der Waals surface area (Å²) < 4.78 is 1.79. The van der Waals surface area contributed by atoms with Gasteiger partial charge in [-0.25, -0.2) is 0 Å². The Bertz CT molecular complexity index is 1010. The standard InChI is InChI=1S/C25H33N3O4/c1-16(30)28-22-19(20(15-29)23(28)25(32)26-12-6-3-7-13-26)14-27-21(22)11-10-18(24(27)31)17-8-4-2-5-9-17/h8,10-11,19-20,22-23,29H,2-7,9,12-15H2,1H3/t19-,20-,22+,23-/m0/s1. The van der Waals surface area contributed by atoms with Crippen LogP contribution >= 0.6 is 0 Å². The number of aliphatic hydroxyl groups is 1. The van der Waals surface area contributed by atoms with Crippen LogP contribution in [-0.2, 0) is 16.1 Å². The molecule has 7 heteroatoms.